The first-order valence-electron chi connectivity index (χ1n) is 6.43. The Balaban J connectivity index is 2.68. The summed E-state index contributed by atoms with van der Waals surface area (Å²) < 4.78 is 5.60. The second kappa shape index (κ2) is 7.59. The molecule has 0 atom stereocenters. The molecule has 104 valence electrons. The van der Waals surface area contributed by atoms with E-state index < -0.39 is 0 Å². The van der Waals surface area contributed by atoms with E-state index in [0.717, 1.165) is 11.3 Å². The van der Waals surface area contributed by atoms with E-state index in [1.54, 1.807) is 24.1 Å². The highest BCUT2D eigenvalue weighted by Gasteiger charge is 2.03. The number of carbonyl (C=O) groups excluding carboxylic acids is 1. The van der Waals surface area contributed by atoms with Crippen molar-refractivity contribution in [1.29, 1.82) is 0 Å². The molecule has 0 spiro atoms. The smallest absolute Gasteiger partial charge is 0.246 e. The third kappa shape index (κ3) is 5.57. The number of hydrogen-bond acceptors (Lipinski definition) is 3. The second-order valence-corrected chi connectivity index (χ2v) is 4.62. The third-order valence-corrected chi connectivity index (χ3v) is 2.49. The summed E-state index contributed by atoms with van der Waals surface area (Å²) in [6, 6.07) is 7.65. The number of likely N-dealkylation sites (N-methyl/N-ethyl adjacent to an activating group) is 1. The van der Waals surface area contributed by atoms with E-state index in [4.69, 9.17) is 10.5 Å². The Morgan fingerprint density at radius 3 is 2.84 bits per heavy atom. The maximum atomic E-state index is 11.7. The lowest BCUT2D eigenvalue weighted by molar-refractivity contribution is -0.124. The van der Waals surface area contributed by atoms with Crippen molar-refractivity contribution in [1.82, 2.24) is 4.90 Å². The number of nitrogens with zero attached hydrogens (tertiary/aromatic N) is 1. The van der Waals surface area contributed by atoms with Crippen molar-refractivity contribution in [2.75, 3.05) is 20.1 Å². The van der Waals surface area contributed by atoms with Crippen molar-refractivity contribution >= 4 is 12.0 Å². The van der Waals surface area contributed by atoms with Crippen molar-refractivity contribution < 1.29 is 9.53 Å². The fourth-order valence-corrected chi connectivity index (χ4v) is 1.56. The van der Waals surface area contributed by atoms with Gasteiger partial charge in [-0.3, -0.25) is 4.79 Å². The Labute approximate surface area is 114 Å². The first-order valence-corrected chi connectivity index (χ1v) is 6.43. The number of carbonyl (C=O) groups is 1. The monoisotopic (exact) mass is 262 g/mol. The van der Waals surface area contributed by atoms with E-state index in [0.29, 0.717) is 13.1 Å². The molecule has 0 radical (unpaired) electrons. The van der Waals surface area contributed by atoms with Crippen LogP contribution in [0.3, 0.4) is 0 Å². The number of nitrogens with two attached hydrogens (primary N) is 1. The van der Waals surface area contributed by atoms with Crippen LogP contribution < -0.4 is 10.5 Å². The van der Waals surface area contributed by atoms with Crippen LogP contribution in [0.2, 0.25) is 0 Å². The average molecular weight is 262 g/mol. The lowest BCUT2D eigenvalue weighted by Crippen LogP contribution is -2.30. The number of ether oxygens (including phenoxy) is 1. The molecule has 4 heteroatoms. The van der Waals surface area contributed by atoms with E-state index >= 15 is 0 Å². The Morgan fingerprint density at radius 2 is 2.21 bits per heavy atom. The standard InChI is InChI=1S/C15H22N2O2/c1-12(2)19-14-6-4-5-13(11-14)7-8-15(18)17(3)10-9-16/h4-8,11-12H,9-10,16H2,1-3H3/b8-7+. The molecule has 0 aliphatic heterocycles. The lowest BCUT2D eigenvalue weighted by Gasteiger charge is -2.13. The molecule has 1 aromatic rings. The van der Waals surface area contributed by atoms with Gasteiger partial charge < -0.3 is 15.4 Å². The minimum atomic E-state index is -0.0550. The molecule has 0 fully saturated rings. The van der Waals surface area contributed by atoms with Crippen LogP contribution in [0.5, 0.6) is 5.75 Å². The molecule has 0 unspecified atom stereocenters. The van der Waals surface area contributed by atoms with Crippen LogP contribution >= 0.6 is 0 Å². The molecule has 1 amide bonds. The third-order valence-electron chi connectivity index (χ3n) is 2.49. The maximum Gasteiger partial charge on any atom is 0.246 e. The Hall–Kier alpha value is -1.81. The molecule has 0 aromatic heterocycles. The molecular formula is C15H22N2O2. The number of hydrogen-bond donors (Lipinski definition) is 1. The molecule has 4 nitrogen and oxygen atoms in total. The molecule has 0 heterocycles. The molecular weight excluding hydrogens is 240 g/mol. The highest BCUT2D eigenvalue weighted by atomic mass is 16.5. The number of rotatable bonds is 6. The summed E-state index contributed by atoms with van der Waals surface area (Å²) in [6.45, 7) is 4.98. The van der Waals surface area contributed by atoms with Gasteiger partial charge in [-0.15, -0.1) is 0 Å². The van der Waals surface area contributed by atoms with Crippen molar-refractivity contribution in [2.45, 2.75) is 20.0 Å². The summed E-state index contributed by atoms with van der Waals surface area (Å²) in [4.78, 5) is 13.3. The van der Waals surface area contributed by atoms with Crippen molar-refractivity contribution in [2.24, 2.45) is 5.73 Å². The number of amides is 1. The van der Waals surface area contributed by atoms with E-state index in [2.05, 4.69) is 0 Å². The molecule has 0 aliphatic carbocycles. The lowest BCUT2D eigenvalue weighted by atomic mass is 10.2. The minimum absolute atomic E-state index is 0.0550. The van der Waals surface area contributed by atoms with Crippen LogP contribution in [0.15, 0.2) is 30.3 Å². The number of benzene rings is 1. The van der Waals surface area contributed by atoms with Gasteiger partial charge in [0.05, 0.1) is 6.10 Å². The highest BCUT2D eigenvalue weighted by molar-refractivity contribution is 5.91. The summed E-state index contributed by atoms with van der Waals surface area (Å²) in [6.07, 6.45) is 3.46. The fraction of sp³-hybridized carbons (Fsp3) is 0.400. The maximum absolute atomic E-state index is 11.7. The van der Waals surface area contributed by atoms with Gasteiger partial charge in [-0.1, -0.05) is 12.1 Å². The van der Waals surface area contributed by atoms with Crippen molar-refractivity contribution in [3.05, 3.63) is 35.9 Å². The van der Waals surface area contributed by atoms with E-state index in [1.807, 2.05) is 38.1 Å². The minimum Gasteiger partial charge on any atom is -0.491 e. The Bertz CT molecular complexity index is 442. The predicted molar refractivity (Wildman–Crippen MR) is 77.9 cm³/mol. The summed E-state index contributed by atoms with van der Waals surface area (Å²) in [5.41, 5.74) is 6.34. The predicted octanol–water partition coefficient (Wildman–Crippen LogP) is 1.90. The quantitative estimate of drug-likeness (QED) is 0.797. The molecule has 1 aromatic carbocycles. The highest BCUT2D eigenvalue weighted by Crippen LogP contribution is 2.15. The van der Waals surface area contributed by atoms with E-state index in [9.17, 15) is 4.79 Å². The zero-order chi connectivity index (χ0) is 14.3. The molecule has 0 aliphatic rings. The van der Waals surface area contributed by atoms with Gasteiger partial charge in [0.25, 0.3) is 0 Å². The first-order chi connectivity index (χ1) is 9.02. The zero-order valence-corrected chi connectivity index (χ0v) is 11.8. The van der Waals surface area contributed by atoms with Gasteiger partial charge >= 0.3 is 0 Å². The molecule has 0 saturated carbocycles. The van der Waals surface area contributed by atoms with Gasteiger partial charge in [0.2, 0.25) is 5.91 Å². The summed E-state index contributed by atoms with van der Waals surface area (Å²) in [7, 11) is 1.73. The fourth-order valence-electron chi connectivity index (χ4n) is 1.56. The molecule has 0 bridgehead atoms. The van der Waals surface area contributed by atoms with E-state index in [1.165, 1.54) is 0 Å². The molecule has 19 heavy (non-hydrogen) atoms. The second-order valence-electron chi connectivity index (χ2n) is 4.62. The Morgan fingerprint density at radius 1 is 1.47 bits per heavy atom. The van der Waals surface area contributed by atoms with Gasteiger partial charge in [-0.2, -0.15) is 0 Å². The summed E-state index contributed by atoms with van der Waals surface area (Å²) in [5, 5.41) is 0. The summed E-state index contributed by atoms with van der Waals surface area (Å²) in [5.74, 6) is 0.751. The summed E-state index contributed by atoms with van der Waals surface area (Å²) >= 11 is 0. The first kappa shape index (κ1) is 15.2. The van der Waals surface area contributed by atoms with E-state index in [-0.39, 0.29) is 12.0 Å². The molecule has 0 saturated heterocycles. The normalized spacial score (nSPS) is 11.0. The SMILES string of the molecule is CC(C)Oc1cccc(/C=C/C(=O)N(C)CCN)c1. The average Bonchev–Trinajstić information content (AvgIpc) is 2.36. The topological polar surface area (TPSA) is 55.6 Å². The molecule has 1 rings (SSSR count). The van der Waals surface area contributed by atoms with Crippen molar-refractivity contribution in [3.63, 3.8) is 0 Å². The van der Waals surface area contributed by atoms with Gasteiger partial charge in [0.1, 0.15) is 5.75 Å². The largest absolute Gasteiger partial charge is 0.491 e. The Kier molecular flexibility index (Phi) is 6.09. The molecule has 2 N–H and O–H groups in total. The van der Waals surface area contributed by atoms with Crippen LogP contribution in [0.4, 0.5) is 0 Å². The van der Waals surface area contributed by atoms with Gasteiger partial charge in [-0.05, 0) is 37.6 Å². The van der Waals surface area contributed by atoms with Crippen LogP contribution in [0, 0.1) is 0 Å². The van der Waals surface area contributed by atoms with Crippen molar-refractivity contribution in [3.8, 4) is 5.75 Å². The van der Waals surface area contributed by atoms with Gasteiger partial charge in [-0.25, -0.2) is 0 Å². The van der Waals surface area contributed by atoms with Crippen LogP contribution in [0.1, 0.15) is 19.4 Å². The van der Waals surface area contributed by atoms with Crippen LogP contribution in [0.25, 0.3) is 6.08 Å². The van der Waals surface area contributed by atoms with Gasteiger partial charge in [0, 0.05) is 26.2 Å². The van der Waals surface area contributed by atoms with Crippen LogP contribution in [-0.2, 0) is 4.79 Å². The zero-order valence-electron chi connectivity index (χ0n) is 11.8. The van der Waals surface area contributed by atoms with Crippen LogP contribution in [-0.4, -0.2) is 37.0 Å². The van der Waals surface area contributed by atoms with Gasteiger partial charge in [0.15, 0.2) is 0 Å².